The topological polar surface area (TPSA) is 67.5 Å². The Kier molecular flexibility index (Phi) is 4.23. The SMILES string of the molecule is C[C@@]1(C(=O)NC2CCCC2)Cn2c(cc3ccccc32)C(=O)N1Cc1ccco1. The lowest BCUT2D eigenvalue weighted by Gasteiger charge is -2.44. The van der Waals surface area contributed by atoms with Crippen molar-refractivity contribution in [2.24, 2.45) is 0 Å². The number of furan rings is 1. The summed E-state index contributed by atoms with van der Waals surface area (Å²) in [6.45, 7) is 2.55. The van der Waals surface area contributed by atoms with Gasteiger partial charge in [0, 0.05) is 16.9 Å². The van der Waals surface area contributed by atoms with Crippen molar-refractivity contribution in [2.75, 3.05) is 0 Å². The number of amides is 2. The molecule has 1 aromatic carbocycles. The van der Waals surface area contributed by atoms with E-state index in [2.05, 4.69) is 5.32 Å². The molecule has 1 fully saturated rings. The summed E-state index contributed by atoms with van der Waals surface area (Å²) in [4.78, 5) is 28.7. The molecule has 0 saturated heterocycles. The van der Waals surface area contributed by atoms with Crippen molar-refractivity contribution in [3.63, 3.8) is 0 Å². The fourth-order valence-corrected chi connectivity index (χ4v) is 4.72. The van der Waals surface area contributed by atoms with Gasteiger partial charge >= 0.3 is 0 Å². The first-order chi connectivity index (χ1) is 14.1. The lowest BCUT2D eigenvalue weighted by Crippen LogP contribution is -2.64. The first-order valence-corrected chi connectivity index (χ1v) is 10.3. The molecule has 0 bridgehead atoms. The van der Waals surface area contributed by atoms with Crippen LogP contribution < -0.4 is 5.32 Å². The van der Waals surface area contributed by atoms with Gasteiger partial charge in [-0.05, 0) is 44.0 Å². The highest BCUT2D eigenvalue weighted by Crippen LogP contribution is 2.34. The molecule has 2 aromatic heterocycles. The molecule has 1 N–H and O–H groups in total. The Labute approximate surface area is 169 Å². The highest BCUT2D eigenvalue weighted by molar-refractivity contribution is 6.03. The maximum atomic E-state index is 13.6. The van der Waals surface area contributed by atoms with Gasteiger partial charge in [0.05, 0.1) is 19.4 Å². The van der Waals surface area contributed by atoms with Crippen LogP contribution in [0.4, 0.5) is 0 Å². The minimum absolute atomic E-state index is 0.0901. The monoisotopic (exact) mass is 391 g/mol. The quantitative estimate of drug-likeness (QED) is 0.737. The van der Waals surface area contributed by atoms with E-state index in [9.17, 15) is 9.59 Å². The van der Waals surface area contributed by atoms with E-state index in [1.54, 1.807) is 17.2 Å². The van der Waals surface area contributed by atoms with Crippen LogP contribution in [0.15, 0.2) is 53.1 Å². The zero-order valence-corrected chi connectivity index (χ0v) is 16.6. The highest BCUT2D eigenvalue weighted by Gasteiger charge is 2.48. The average molecular weight is 391 g/mol. The molecule has 6 nitrogen and oxygen atoms in total. The molecular formula is C23H25N3O3. The number of benzene rings is 1. The summed E-state index contributed by atoms with van der Waals surface area (Å²) in [5.74, 6) is 0.434. The predicted octanol–water partition coefficient (Wildman–Crippen LogP) is 3.71. The number of nitrogens with one attached hydrogen (secondary N) is 1. The maximum Gasteiger partial charge on any atom is 0.271 e. The van der Waals surface area contributed by atoms with E-state index in [0.29, 0.717) is 18.0 Å². The molecule has 29 heavy (non-hydrogen) atoms. The van der Waals surface area contributed by atoms with E-state index in [1.807, 2.05) is 47.9 Å². The summed E-state index contributed by atoms with van der Waals surface area (Å²) in [5, 5.41) is 4.22. The van der Waals surface area contributed by atoms with Gasteiger partial charge in [0.1, 0.15) is 17.0 Å². The van der Waals surface area contributed by atoms with Crippen LogP contribution in [0.25, 0.3) is 10.9 Å². The molecule has 1 atom stereocenters. The molecule has 0 unspecified atom stereocenters. The summed E-state index contributed by atoms with van der Waals surface area (Å²) in [6.07, 6.45) is 5.89. The molecule has 1 saturated carbocycles. The number of hydrogen-bond donors (Lipinski definition) is 1. The Morgan fingerprint density at radius 3 is 2.76 bits per heavy atom. The maximum absolute atomic E-state index is 13.6. The van der Waals surface area contributed by atoms with Crippen molar-refractivity contribution in [3.8, 4) is 0 Å². The van der Waals surface area contributed by atoms with Gasteiger partial charge in [-0.1, -0.05) is 31.0 Å². The third kappa shape index (κ3) is 2.94. The molecule has 1 aliphatic heterocycles. The van der Waals surface area contributed by atoms with E-state index >= 15 is 0 Å². The third-order valence-electron chi connectivity index (χ3n) is 6.41. The summed E-state index contributed by atoms with van der Waals surface area (Å²) in [5.41, 5.74) is 0.596. The van der Waals surface area contributed by atoms with Crippen molar-refractivity contribution >= 4 is 22.7 Å². The summed E-state index contributed by atoms with van der Waals surface area (Å²) >= 11 is 0. The van der Waals surface area contributed by atoms with Gasteiger partial charge in [-0.2, -0.15) is 0 Å². The molecule has 2 amide bonds. The summed E-state index contributed by atoms with van der Waals surface area (Å²) in [7, 11) is 0. The number of nitrogens with zero attached hydrogens (tertiary/aromatic N) is 2. The Bertz CT molecular complexity index is 1060. The van der Waals surface area contributed by atoms with E-state index in [4.69, 9.17) is 4.42 Å². The number of carbonyl (C=O) groups excluding carboxylic acids is 2. The second-order valence-corrected chi connectivity index (χ2v) is 8.37. The molecular weight excluding hydrogens is 366 g/mol. The van der Waals surface area contributed by atoms with Crippen LogP contribution in [0.1, 0.15) is 48.9 Å². The fraction of sp³-hybridized carbons (Fsp3) is 0.391. The van der Waals surface area contributed by atoms with Gasteiger partial charge in [-0.3, -0.25) is 9.59 Å². The van der Waals surface area contributed by atoms with Crippen LogP contribution in [0, 0.1) is 0 Å². The smallest absolute Gasteiger partial charge is 0.271 e. The molecule has 0 spiro atoms. The van der Waals surface area contributed by atoms with Crippen LogP contribution >= 0.6 is 0 Å². The van der Waals surface area contributed by atoms with Crippen LogP contribution in [0.5, 0.6) is 0 Å². The number of carbonyl (C=O) groups is 2. The average Bonchev–Trinajstić information content (AvgIpc) is 3.47. The van der Waals surface area contributed by atoms with Crippen LogP contribution in [-0.4, -0.2) is 32.9 Å². The number of fused-ring (bicyclic) bond motifs is 3. The van der Waals surface area contributed by atoms with Crippen LogP contribution in [0.2, 0.25) is 0 Å². The van der Waals surface area contributed by atoms with Crippen LogP contribution in [0.3, 0.4) is 0 Å². The minimum Gasteiger partial charge on any atom is -0.467 e. The van der Waals surface area contributed by atoms with Gasteiger partial charge in [0.2, 0.25) is 5.91 Å². The largest absolute Gasteiger partial charge is 0.467 e. The zero-order valence-electron chi connectivity index (χ0n) is 16.6. The zero-order chi connectivity index (χ0) is 20.0. The number of hydrogen-bond acceptors (Lipinski definition) is 3. The Hall–Kier alpha value is -3.02. The normalized spacial score (nSPS) is 22.2. The fourth-order valence-electron chi connectivity index (χ4n) is 4.72. The molecule has 5 rings (SSSR count). The van der Waals surface area contributed by atoms with Crippen molar-refractivity contribution in [1.29, 1.82) is 0 Å². The molecule has 2 aliphatic rings. The van der Waals surface area contributed by atoms with Crippen LogP contribution in [-0.2, 0) is 17.9 Å². The summed E-state index contributed by atoms with van der Waals surface area (Å²) < 4.78 is 7.50. The van der Waals surface area contributed by atoms with Crippen molar-refractivity contribution in [3.05, 3.63) is 60.2 Å². The molecule has 3 heterocycles. The molecule has 6 heteroatoms. The third-order valence-corrected chi connectivity index (χ3v) is 6.41. The standard InChI is InChI=1S/C23H25N3O3/c1-23(22(28)24-17-8-3-4-9-17)15-25-19-11-5-2-7-16(19)13-20(25)21(27)26(23)14-18-10-6-12-29-18/h2,5-7,10-13,17H,3-4,8-9,14-15H2,1H3,(H,24,28)/t23-/m0/s1. The first kappa shape index (κ1) is 18.0. The van der Waals surface area contributed by atoms with Crippen molar-refractivity contribution < 1.29 is 14.0 Å². The summed E-state index contributed by atoms with van der Waals surface area (Å²) in [6, 6.07) is 13.7. The Morgan fingerprint density at radius 1 is 1.21 bits per heavy atom. The van der Waals surface area contributed by atoms with E-state index < -0.39 is 5.54 Å². The predicted molar refractivity (Wildman–Crippen MR) is 109 cm³/mol. The molecule has 3 aromatic rings. The molecule has 0 radical (unpaired) electrons. The first-order valence-electron chi connectivity index (χ1n) is 10.3. The molecule has 150 valence electrons. The van der Waals surface area contributed by atoms with Gasteiger partial charge in [0.25, 0.3) is 5.91 Å². The number of para-hydroxylation sites is 1. The minimum atomic E-state index is -0.999. The van der Waals surface area contributed by atoms with Gasteiger partial charge < -0.3 is 19.2 Å². The number of aromatic nitrogens is 1. The lowest BCUT2D eigenvalue weighted by atomic mass is 9.94. The van der Waals surface area contributed by atoms with Gasteiger partial charge in [0.15, 0.2) is 0 Å². The Morgan fingerprint density at radius 2 is 2.00 bits per heavy atom. The van der Waals surface area contributed by atoms with E-state index in [0.717, 1.165) is 36.6 Å². The van der Waals surface area contributed by atoms with Crippen molar-refractivity contribution in [2.45, 2.75) is 57.3 Å². The highest BCUT2D eigenvalue weighted by atomic mass is 16.3. The van der Waals surface area contributed by atoms with E-state index in [1.165, 1.54) is 0 Å². The van der Waals surface area contributed by atoms with Gasteiger partial charge in [-0.25, -0.2) is 0 Å². The van der Waals surface area contributed by atoms with E-state index in [-0.39, 0.29) is 24.4 Å². The van der Waals surface area contributed by atoms with Crippen molar-refractivity contribution in [1.82, 2.24) is 14.8 Å². The Balaban J connectivity index is 1.57. The van der Waals surface area contributed by atoms with Gasteiger partial charge in [-0.15, -0.1) is 0 Å². The second-order valence-electron chi connectivity index (χ2n) is 8.37. The molecule has 1 aliphatic carbocycles. The number of rotatable bonds is 4. The lowest BCUT2D eigenvalue weighted by molar-refractivity contribution is -0.134. The second kappa shape index (κ2) is 6.79.